The maximum Gasteiger partial charge on any atom is 0.0403 e. The molecule has 2 heteroatoms. The molecule has 1 aliphatic heterocycles. The van der Waals surface area contributed by atoms with E-state index in [1.165, 1.54) is 50.8 Å². The van der Waals surface area contributed by atoms with Gasteiger partial charge in [-0.15, -0.1) is 0 Å². The van der Waals surface area contributed by atoms with Crippen LogP contribution >= 0.6 is 0 Å². The summed E-state index contributed by atoms with van der Waals surface area (Å²) < 4.78 is 0. The van der Waals surface area contributed by atoms with Crippen LogP contribution in [0.1, 0.15) is 50.7 Å². The summed E-state index contributed by atoms with van der Waals surface area (Å²) in [4.78, 5) is 2.66. The zero-order valence-corrected chi connectivity index (χ0v) is 13.0. The second-order valence-electron chi connectivity index (χ2n) is 6.44. The number of aryl methyl sites for hydroxylation is 1. The SMILES string of the molecule is CCNC1CCN(c2cccc3c2CCCC3)C(C)C1. The molecular weight excluding hydrogens is 244 g/mol. The zero-order valence-electron chi connectivity index (χ0n) is 13.0. The molecule has 0 amide bonds. The predicted octanol–water partition coefficient (Wildman–Crippen LogP) is 3.53. The third-order valence-corrected chi connectivity index (χ3v) is 5.05. The van der Waals surface area contributed by atoms with E-state index in [9.17, 15) is 0 Å². The molecule has 1 heterocycles. The molecule has 0 radical (unpaired) electrons. The Hall–Kier alpha value is -1.02. The molecule has 2 nitrogen and oxygen atoms in total. The van der Waals surface area contributed by atoms with Gasteiger partial charge >= 0.3 is 0 Å². The standard InChI is InChI=1S/C18H28N2/c1-3-19-16-11-12-20(14(2)13-16)18-10-6-8-15-7-4-5-9-17(15)18/h6,8,10,14,16,19H,3-5,7,9,11-13H2,1-2H3. The van der Waals surface area contributed by atoms with Crippen molar-refractivity contribution in [3.05, 3.63) is 29.3 Å². The second-order valence-corrected chi connectivity index (χ2v) is 6.44. The quantitative estimate of drug-likeness (QED) is 0.905. The van der Waals surface area contributed by atoms with Crippen LogP contribution in [0.3, 0.4) is 0 Å². The van der Waals surface area contributed by atoms with Crippen molar-refractivity contribution in [1.29, 1.82) is 0 Å². The Morgan fingerprint density at radius 3 is 2.90 bits per heavy atom. The Morgan fingerprint density at radius 2 is 2.10 bits per heavy atom. The van der Waals surface area contributed by atoms with Crippen molar-refractivity contribution >= 4 is 5.69 Å². The summed E-state index contributed by atoms with van der Waals surface area (Å²) in [6, 6.07) is 8.33. The highest BCUT2D eigenvalue weighted by atomic mass is 15.2. The number of nitrogens with one attached hydrogen (secondary N) is 1. The monoisotopic (exact) mass is 272 g/mol. The third kappa shape index (κ3) is 2.71. The maximum atomic E-state index is 3.62. The first kappa shape index (κ1) is 13.9. The molecule has 110 valence electrons. The fourth-order valence-corrected chi connectivity index (χ4v) is 4.03. The molecule has 1 N–H and O–H groups in total. The fourth-order valence-electron chi connectivity index (χ4n) is 4.03. The third-order valence-electron chi connectivity index (χ3n) is 5.05. The van der Waals surface area contributed by atoms with E-state index in [0.717, 1.165) is 6.54 Å². The first-order valence-electron chi connectivity index (χ1n) is 8.40. The molecule has 1 saturated heterocycles. The molecule has 0 aromatic heterocycles. The van der Waals surface area contributed by atoms with E-state index in [1.807, 2.05) is 0 Å². The summed E-state index contributed by atoms with van der Waals surface area (Å²) in [5, 5.41) is 3.62. The Labute approximate surface area is 123 Å². The van der Waals surface area contributed by atoms with Gasteiger partial charge in [0, 0.05) is 24.3 Å². The average molecular weight is 272 g/mol. The summed E-state index contributed by atoms with van der Waals surface area (Å²) in [6.45, 7) is 6.91. The lowest BCUT2D eigenvalue weighted by molar-refractivity contribution is 0.373. The minimum absolute atomic E-state index is 0.654. The van der Waals surface area contributed by atoms with Crippen LogP contribution in [-0.4, -0.2) is 25.2 Å². The van der Waals surface area contributed by atoms with Crippen molar-refractivity contribution in [1.82, 2.24) is 5.32 Å². The lowest BCUT2D eigenvalue weighted by Gasteiger charge is -2.41. The van der Waals surface area contributed by atoms with Gasteiger partial charge in [0.25, 0.3) is 0 Å². The Kier molecular flexibility index (Phi) is 4.30. The molecule has 2 atom stereocenters. The van der Waals surface area contributed by atoms with Crippen LogP contribution < -0.4 is 10.2 Å². The van der Waals surface area contributed by atoms with Crippen molar-refractivity contribution in [2.45, 2.75) is 64.5 Å². The number of fused-ring (bicyclic) bond motifs is 1. The molecule has 2 aliphatic rings. The molecule has 0 spiro atoms. The van der Waals surface area contributed by atoms with Gasteiger partial charge in [0.05, 0.1) is 0 Å². The Bertz CT molecular complexity index is 455. The summed E-state index contributed by atoms with van der Waals surface area (Å²) >= 11 is 0. The van der Waals surface area contributed by atoms with Gasteiger partial charge < -0.3 is 10.2 Å². The Morgan fingerprint density at radius 1 is 1.25 bits per heavy atom. The van der Waals surface area contributed by atoms with E-state index in [0.29, 0.717) is 12.1 Å². The minimum Gasteiger partial charge on any atom is -0.368 e. The molecule has 2 unspecified atom stereocenters. The van der Waals surface area contributed by atoms with Gasteiger partial charge in [-0.05, 0) is 69.2 Å². The molecular formula is C18H28N2. The molecule has 1 aromatic rings. The van der Waals surface area contributed by atoms with Crippen molar-refractivity contribution < 1.29 is 0 Å². The summed E-state index contributed by atoms with van der Waals surface area (Å²) in [6.07, 6.45) is 7.86. The van der Waals surface area contributed by atoms with Crippen molar-refractivity contribution in [2.24, 2.45) is 0 Å². The highest BCUT2D eigenvalue weighted by molar-refractivity contribution is 5.58. The zero-order chi connectivity index (χ0) is 13.9. The molecule has 0 bridgehead atoms. The summed E-state index contributed by atoms with van der Waals surface area (Å²) in [7, 11) is 0. The van der Waals surface area contributed by atoms with Crippen molar-refractivity contribution in [3.63, 3.8) is 0 Å². The highest BCUT2D eigenvalue weighted by Gasteiger charge is 2.27. The topological polar surface area (TPSA) is 15.3 Å². The molecule has 1 aliphatic carbocycles. The average Bonchev–Trinajstić information content (AvgIpc) is 2.47. The number of hydrogen-bond acceptors (Lipinski definition) is 2. The summed E-state index contributed by atoms with van der Waals surface area (Å²) in [5.74, 6) is 0. The fraction of sp³-hybridized carbons (Fsp3) is 0.667. The number of rotatable bonds is 3. The van der Waals surface area contributed by atoms with E-state index in [1.54, 1.807) is 11.1 Å². The van der Waals surface area contributed by atoms with Crippen LogP contribution in [0.15, 0.2) is 18.2 Å². The number of nitrogens with zero attached hydrogens (tertiary/aromatic N) is 1. The van der Waals surface area contributed by atoms with Crippen LogP contribution in [0.4, 0.5) is 5.69 Å². The van der Waals surface area contributed by atoms with E-state index in [2.05, 4.69) is 42.3 Å². The van der Waals surface area contributed by atoms with E-state index >= 15 is 0 Å². The Balaban J connectivity index is 1.80. The number of benzene rings is 1. The number of piperidine rings is 1. The van der Waals surface area contributed by atoms with Gasteiger partial charge in [0.1, 0.15) is 0 Å². The van der Waals surface area contributed by atoms with Crippen molar-refractivity contribution in [2.75, 3.05) is 18.0 Å². The lowest BCUT2D eigenvalue weighted by atomic mass is 9.88. The van der Waals surface area contributed by atoms with Gasteiger partial charge in [-0.1, -0.05) is 19.1 Å². The largest absolute Gasteiger partial charge is 0.368 e. The van der Waals surface area contributed by atoms with Gasteiger partial charge in [0.2, 0.25) is 0 Å². The van der Waals surface area contributed by atoms with Gasteiger partial charge in [0.15, 0.2) is 0 Å². The lowest BCUT2D eigenvalue weighted by Crippen LogP contribution is -2.47. The van der Waals surface area contributed by atoms with Crippen LogP contribution in [0, 0.1) is 0 Å². The molecule has 0 saturated carbocycles. The van der Waals surface area contributed by atoms with E-state index in [-0.39, 0.29) is 0 Å². The van der Waals surface area contributed by atoms with Crippen LogP contribution in [-0.2, 0) is 12.8 Å². The first-order valence-corrected chi connectivity index (χ1v) is 8.40. The van der Waals surface area contributed by atoms with Crippen LogP contribution in [0.5, 0.6) is 0 Å². The molecule has 20 heavy (non-hydrogen) atoms. The molecule has 1 fully saturated rings. The molecule has 1 aromatic carbocycles. The van der Waals surface area contributed by atoms with Crippen LogP contribution in [0.2, 0.25) is 0 Å². The van der Waals surface area contributed by atoms with E-state index < -0.39 is 0 Å². The normalized spacial score (nSPS) is 26.4. The summed E-state index contributed by atoms with van der Waals surface area (Å²) in [5.41, 5.74) is 4.78. The predicted molar refractivity (Wildman–Crippen MR) is 86.6 cm³/mol. The second kappa shape index (κ2) is 6.17. The highest BCUT2D eigenvalue weighted by Crippen LogP contribution is 2.33. The van der Waals surface area contributed by atoms with Gasteiger partial charge in [-0.2, -0.15) is 0 Å². The van der Waals surface area contributed by atoms with Gasteiger partial charge in [-0.25, -0.2) is 0 Å². The van der Waals surface area contributed by atoms with E-state index in [4.69, 9.17) is 0 Å². The minimum atomic E-state index is 0.654. The van der Waals surface area contributed by atoms with Crippen molar-refractivity contribution in [3.8, 4) is 0 Å². The number of hydrogen-bond donors (Lipinski definition) is 1. The first-order chi connectivity index (χ1) is 9.79. The molecule has 3 rings (SSSR count). The van der Waals surface area contributed by atoms with Gasteiger partial charge in [-0.3, -0.25) is 0 Å². The number of anilines is 1. The smallest absolute Gasteiger partial charge is 0.0403 e. The maximum absolute atomic E-state index is 3.62. The van der Waals surface area contributed by atoms with Crippen LogP contribution in [0.25, 0.3) is 0 Å².